The molecule has 76 valence electrons. The minimum atomic E-state index is -0.285. The molecule has 4 heteroatoms. The van der Waals surface area contributed by atoms with Gasteiger partial charge in [-0.3, -0.25) is 4.90 Å². The van der Waals surface area contributed by atoms with Crippen molar-refractivity contribution in [2.75, 3.05) is 26.2 Å². The van der Waals surface area contributed by atoms with E-state index >= 15 is 0 Å². The monoisotopic (exact) mass is 184 g/mol. The molecule has 1 N–H and O–H groups in total. The molecule has 1 heterocycles. The largest absolute Gasteiger partial charge is 0.437 e. The molecule has 3 nitrogen and oxygen atoms in total. The quantitative estimate of drug-likeness (QED) is 0.633. The van der Waals surface area contributed by atoms with Gasteiger partial charge in [-0.25, -0.2) is 0 Å². The maximum absolute atomic E-state index is 9.43. The molecule has 1 saturated heterocycles. The molecule has 0 spiro atoms. The van der Waals surface area contributed by atoms with E-state index in [9.17, 15) is 5.02 Å². The van der Waals surface area contributed by atoms with Crippen molar-refractivity contribution < 1.29 is 5.02 Å². The highest BCUT2D eigenvalue weighted by atomic mass is 16.2. The van der Waals surface area contributed by atoms with Crippen molar-refractivity contribution in [3.8, 4) is 0 Å². The molecule has 0 atom stereocenters. The summed E-state index contributed by atoms with van der Waals surface area (Å²) in [4.78, 5) is 4.62. The van der Waals surface area contributed by atoms with Crippen LogP contribution in [-0.2, 0) is 0 Å². The predicted molar refractivity (Wildman–Crippen MR) is 56.7 cm³/mol. The van der Waals surface area contributed by atoms with E-state index in [1.807, 2.05) is 6.82 Å². The zero-order valence-electron chi connectivity index (χ0n) is 9.03. The van der Waals surface area contributed by atoms with Crippen LogP contribution in [0.5, 0.6) is 0 Å². The van der Waals surface area contributed by atoms with Crippen LogP contribution in [0.2, 0.25) is 6.82 Å². The first-order valence-corrected chi connectivity index (χ1v) is 5.27. The molecular weight excluding hydrogens is 163 g/mol. The summed E-state index contributed by atoms with van der Waals surface area (Å²) in [6, 6.07) is 0.633. The van der Waals surface area contributed by atoms with Crippen molar-refractivity contribution in [2.45, 2.75) is 33.1 Å². The zero-order chi connectivity index (χ0) is 9.84. The van der Waals surface area contributed by atoms with Gasteiger partial charge in [-0.2, -0.15) is 0 Å². The van der Waals surface area contributed by atoms with Crippen LogP contribution in [0.25, 0.3) is 0 Å². The summed E-state index contributed by atoms with van der Waals surface area (Å²) in [6.45, 7) is 10.6. The highest BCUT2D eigenvalue weighted by Gasteiger charge is 2.21. The fraction of sp³-hybridized carbons (Fsp3) is 1.00. The standard InChI is InChI=1S/C9H21BN2O/c1-9(2)11-5-4-6-12(8-7-11)10(3)13/h9,13H,4-8H2,1-3H3. The molecule has 1 fully saturated rings. The van der Waals surface area contributed by atoms with E-state index in [1.165, 1.54) is 13.0 Å². The number of rotatable bonds is 2. The van der Waals surface area contributed by atoms with Crippen LogP contribution in [0.3, 0.4) is 0 Å². The van der Waals surface area contributed by atoms with Gasteiger partial charge in [0.25, 0.3) is 0 Å². The third-order valence-electron chi connectivity index (χ3n) is 2.82. The SMILES string of the molecule is CB(O)N1CCCN(C(C)C)CC1. The van der Waals surface area contributed by atoms with E-state index in [-0.39, 0.29) is 7.05 Å². The van der Waals surface area contributed by atoms with Gasteiger partial charge in [0.1, 0.15) is 0 Å². The molecule has 0 saturated carbocycles. The van der Waals surface area contributed by atoms with Gasteiger partial charge >= 0.3 is 7.05 Å². The third kappa shape index (κ3) is 3.29. The van der Waals surface area contributed by atoms with E-state index in [1.54, 1.807) is 0 Å². The Morgan fingerprint density at radius 2 is 1.85 bits per heavy atom. The number of nitrogens with zero attached hydrogens (tertiary/aromatic N) is 2. The molecule has 0 bridgehead atoms. The second kappa shape index (κ2) is 4.98. The van der Waals surface area contributed by atoms with Gasteiger partial charge in [0, 0.05) is 19.1 Å². The Morgan fingerprint density at radius 1 is 1.15 bits per heavy atom. The summed E-state index contributed by atoms with van der Waals surface area (Å²) >= 11 is 0. The lowest BCUT2D eigenvalue weighted by atomic mass is 9.85. The molecule has 1 aliphatic heterocycles. The first-order chi connectivity index (χ1) is 6.11. The highest BCUT2D eigenvalue weighted by Crippen LogP contribution is 2.06. The van der Waals surface area contributed by atoms with E-state index in [0.29, 0.717) is 6.04 Å². The molecule has 1 rings (SSSR count). The minimum absolute atomic E-state index is 0.285. The summed E-state index contributed by atoms with van der Waals surface area (Å²) in [5, 5.41) is 9.43. The Hall–Kier alpha value is -0.0551. The summed E-state index contributed by atoms with van der Waals surface area (Å²) in [5.41, 5.74) is 0. The Balaban J connectivity index is 2.39. The van der Waals surface area contributed by atoms with Crippen molar-refractivity contribution >= 4 is 7.05 Å². The van der Waals surface area contributed by atoms with E-state index in [0.717, 1.165) is 19.6 Å². The van der Waals surface area contributed by atoms with Crippen LogP contribution in [0, 0.1) is 0 Å². The van der Waals surface area contributed by atoms with Crippen LogP contribution >= 0.6 is 0 Å². The molecule has 0 amide bonds. The van der Waals surface area contributed by atoms with Crippen LogP contribution in [-0.4, -0.2) is 54.0 Å². The van der Waals surface area contributed by atoms with Crippen LogP contribution in [0.1, 0.15) is 20.3 Å². The fourth-order valence-corrected chi connectivity index (χ4v) is 1.85. The smallest absolute Gasteiger partial charge is 0.376 e. The topological polar surface area (TPSA) is 26.7 Å². The van der Waals surface area contributed by atoms with Crippen molar-refractivity contribution in [1.29, 1.82) is 0 Å². The predicted octanol–water partition coefficient (Wildman–Crippen LogP) is 0.513. The first-order valence-electron chi connectivity index (χ1n) is 5.27. The van der Waals surface area contributed by atoms with Gasteiger partial charge < -0.3 is 9.83 Å². The molecular formula is C9H21BN2O. The van der Waals surface area contributed by atoms with E-state index in [2.05, 4.69) is 23.6 Å². The fourth-order valence-electron chi connectivity index (χ4n) is 1.85. The number of hydrogen-bond acceptors (Lipinski definition) is 3. The molecule has 1 aliphatic rings. The summed E-state index contributed by atoms with van der Waals surface area (Å²) in [6.07, 6.45) is 1.17. The van der Waals surface area contributed by atoms with Crippen molar-refractivity contribution in [1.82, 2.24) is 9.71 Å². The summed E-state index contributed by atoms with van der Waals surface area (Å²) < 4.78 is 0. The average molecular weight is 184 g/mol. The molecule has 0 unspecified atom stereocenters. The highest BCUT2D eigenvalue weighted by molar-refractivity contribution is 6.45. The molecule has 0 aromatic heterocycles. The van der Waals surface area contributed by atoms with Crippen LogP contribution in [0.4, 0.5) is 0 Å². The lowest BCUT2D eigenvalue weighted by Gasteiger charge is -2.25. The van der Waals surface area contributed by atoms with Gasteiger partial charge in [-0.1, -0.05) is 0 Å². The van der Waals surface area contributed by atoms with Crippen LogP contribution < -0.4 is 0 Å². The van der Waals surface area contributed by atoms with E-state index in [4.69, 9.17) is 0 Å². The summed E-state index contributed by atoms with van der Waals surface area (Å²) in [7, 11) is -0.285. The van der Waals surface area contributed by atoms with Crippen molar-refractivity contribution in [2.24, 2.45) is 0 Å². The summed E-state index contributed by atoms with van der Waals surface area (Å²) in [5.74, 6) is 0. The number of hydrogen-bond donors (Lipinski definition) is 1. The maximum atomic E-state index is 9.43. The lowest BCUT2D eigenvalue weighted by molar-refractivity contribution is 0.231. The Labute approximate surface area is 81.8 Å². The molecule has 0 aliphatic carbocycles. The van der Waals surface area contributed by atoms with Gasteiger partial charge in [0.2, 0.25) is 0 Å². The van der Waals surface area contributed by atoms with Gasteiger partial charge in [-0.15, -0.1) is 0 Å². The maximum Gasteiger partial charge on any atom is 0.376 e. The van der Waals surface area contributed by atoms with E-state index < -0.39 is 0 Å². The Bertz CT molecular complexity index is 137. The molecule has 0 aromatic rings. The van der Waals surface area contributed by atoms with Gasteiger partial charge in [0.15, 0.2) is 0 Å². The lowest BCUT2D eigenvalue weighted by Crippen LogP contribution is -2.40. The van der Waals surface area contributed by atoms with Crippen LogP contribution in [0.15, 0.2) is 0 Å². The van der Waals surface area contributed by atoms with Crippen molar-refractivity contribution in [3.05, 3.63) is 0 Å². The average Bonchev–Trinajstić information content (AvgIpc) is 2.27. The minimum Gasteiger partial charge on any atom is -0.437 e. The first kappa shape index (κ1) is 11.0. The zero-order valence-corrected chi connectivity index (χ0v) is 9.03. The normalized spacial score (nSPS) is 21.9. The Morgan fingerprint density at radius 3 is 2.38 bits per heavy atom. The molecule has 0 radical (unpaired) electrons. The second-order valence-corrected chi connectivity index (χ2v) is 4.15. The molecule has 13 heavy (non-hydrogen) atoms. The van der Waals surface area contributed by atoms with Gasteiger partial charge in [-0.05, 0) is 40.2 Å². The Kier molecular flexibility index (Phi) is 4.23. The van der Waals surface area contributed by atoms with Crippen molar-refractivity contribution in [3.63, 3.8) is 0 Å². The third-order valence-corrected chi connectivity index (χ3v) is 2.82. The second-order valence-electron chi connectivity index (χ2n) is 4.15. The molecule has 0 aromatic carbocycles. The van der Waals surface area contributed by atoms with Gasteiger partial charge in [0.05, 0.1) is 0 Å².